The van der Waals surface area contributed by atoms with Crippen LogP contribution in [-0.2, 0) is 19.4 Å². The molecular weight excluding hydrogens is 328 g/mol. The molecule has 138 valence electrons. The molecular formula is C20H26N4O2. The largest absolute Gasteiger partial charge is 0.393 e. The van der Waals surface area contributed by atoms with Gasteiger partial charge in [0.05, 0.1) is 6.10 Å². The Morgan fingerprint density at radius 3 is 2.88 bits per heavy atom. The summed E-state index contributed by atoms with van der Waals surface area (Å²) < 4.78 is 0. The van der Waals surface area contributed by atoms with E-state index in [4.69, 9.17) is 0 Å². The topological polar surface area (TPSA) is 81.2 Å². The van der Waals surface area contributed by atoms with Gasteiger partial charge in [-0.25, -0.2) is 0 Å². The van der Waals surface area contributed by atoms with Crippen LogP contribution in [0, 0.1) is 5.92 Å². The molecule has 0 unspecified atom stereocenters. The fourth-order valence-electron chi connectivity index (χ4n) is 4.02. The highest BCUT2D eigenvalue weighted by Gasteiger charge is 2.35. The number of carbonyl (C=O) groups excluding carboxylic acids is 1. The number of nitrogens with zero attached hydrogens (tertiary/aromatic N) is 2. The van der Waals surface area contributed by atoms with Crippen LogP contribution in [0.3, 0.4) is 0 Å². The molecule has 3 N–H and O–H groups in total. The number of H-pyrrole nitrogens is 1. The van der Waals surface area contributed by atoms with Crippen molar-refractivity contribution in [2.24, 2.45) is 5.92 Å². The van der Waals surface area contributed by atoms with Crippen LogP contribution in [0.15, 0.2) is 30.3 Å². The Morgan fingerprint density at radius 2 is 2.15 bits per heavy atom. The van der Waals surface area contributed by atoms with Gasteiger partial charge in [0, 0.05) is 36.8 Å². The third-order valence-corrected chi connectivity index (χ3v) is 5.67. The van der Waals surface area contributed by atoms with Gasteiger partial charge in [-0.3, -0.25) is 9.89 Å². The van der Waals surface area contributed by atoms with Crippen molar-refractivity contribution < 1.29 is 9.90 Å². The molecule has 2 aromatic rings. The number of carbonyl (C=O) groups is 1. The van der Waals surface area contributed by atoms with Crippen LogP contribution in [-0.4, -0.2) is 51.8 Å². The van der Waals surface area contributed by atoms with Gasteiger partial charge in [0.15, 0.2) is 5.69 Å². The first kappa shape index (κ1) is 17.2. The fourth-order valence-corrected chi connectivity index (χ4v) is 4.02. The molecule has 4 rings (SSSR count). The number of aromatic nitrogens is 2. The fraction of sp³-hybridized carbons (Fsp3) is 0.500. The zero-order chi connectivity index (χ0) is 18.1. The molecule has 0 spiro atoms. The van der Waals surface area contributed by atoms with Crippen molar-refractivity contribution >= 4 is 5.91 Å². The number of amides is 1. The third-order valence-electron chi connectivity index (χ3n) is 5.67. The van der Waals surface area contributed by atoms with E-state index in [2.05, 4.69) is 39.6 Å². The summed E-state index contributed by atoms with van der Waals surface area (Å²) in [6.45, 7) is 1.73. The van der Waals surface area contributed by atoms with Gasteiger partial charge in [-0.05, 0) is 37.8 Å². The lowest BCUT2D eigenvalue weighted by atomic mass is 9.75. The first-order chi connectivity index (χ1) is 12.6. The summed E-state index contributed by atoms with van der Waals surface area (Å²) in [6, 6.07) is 10.2. The predicted molar refractivity (Wildman–Crippen MR) is 98.8 cm³/mol. The highest BCUT2D eigenvalue weighted by atomic mass is 16.3. The summed E-state index contributed by atoms with van der Waals surface area (Å²) in [5, 5.41) is 20.2. The van der Waals surface area contributed by atoms with Crippen molar-refractivity contribution in [1.82, 2.24) is 20.4 Å². The normalized spacial score (nSPS) is 23.8. The van der Waals surface area contributed by atoms with Crippen LogP contribution < -0.4 is 5.32 Å². The number of rotatable bonds is 5. The summed E-state index contributed by atoms with van der Waals surface area (Å²) in [5.41, 5.74) is 3.81. The summed E-state index contributed by atoms with van der Waals surface area (Å²) in [6.07, 6.45) is 2.94. The van der Waals surface area contributed by atoms with Crippen LogP contribution >= 0.6 is 0 Å². The summed E-state index contributed by atoms with van der Waals surface area (Å²) in [5.74, 6) is 0.201. The second-order valence-electron chi connectivity index (χ2n) is 7.67. The lowest BCUT2D eigenvalue weighted by Crippen LogP contribution is -2.48. The van der Waals surface area contributed by atoms with Crippen LogP contribution in [0.1, 0.15) is 40.2 Å². The Labute approximate surface area is 153 Å². The SMILES string of the molecule is CN1CCc2[nH]nc(C(=O)N[C@@H](Cc3ccccc3)C3CC(O)C3)c2C1. The van der Waals surface area contributed by atoms with Gasteiger partial charge in [0.2, 0.25) is 0 Å². The van der Waals surface area contributed by atoms with Crippen LogP contribution in [0.25, 0.3) is 0 Å². The molecule has 0 bridgehead atoms. The molecule has 1 amide bonds. The first-order valence-corrected chi connectivity index (χ1v) is 9.37. The van der Waals surface area contributed by atoms with Crippen LogP contribution in [0.5, 0.6) is 0 Å². The molecule has 2 aliphatic rings. The predicted octanol–water partition coefficient (Wildman–Crippen LogP) is 1.51. The zero-order valence-electron chi connectivity index (χ0n) is 15.1. The minimum atomic E-state index is -0.234. The van der Waals surface area contributed by atoms with E-state index >= 15 is 0 Å². The van der Waals surface area contributed by atoms with Crippen molar-refractivity contribution in [2.75, 3.05) is 13.6 Å². The third kappa shape index (κ3) is 3.52. The van der Waals surface area contributed by atoms with Crippen molar-refractivity contribution in [3.8, 4) is 0 Å². The number of aliphatic hydroxyl groups excluding tert-OH is 1. The lowest BCUT2D eigenvalue weighted by molar-refractivity contribution is 0.0238. The van der Waals surface area contributed by atoms with Gasteiger partial charge in [0.25, 0.3) is 5.91 Å². The molecule has 1 atom stereocenters. The number of nitrogens with one attached hydrogen (secondary N) is 2. The van der Waals surface area contributed by atoms with Gasteiger partial charge in [-0.1, -0.05) is 30.3 Å². The Kier molecular flexibility index (Phi) is 4.78. The van der Waals surface area contributed by atoms with Gasteiger partial charge in [0.1, 0.15) is 0 Å². The van der Waals surface area contributed by atoms with E-state index in [0.29, 0.717) is 11.6 Å². The van der Waals surface area contributed by atoms with Crippen molar-refractivity contribution in [2.45, 2.75) is 44.4 Å². The van der Waals surface area contributed by atoms with Gasteiger partial charge >= 0.3 is 0 Å². The molecule has 26 heavy (non-hydrogen) atoms. The number of hydrogen-bond acceptors (Lipinski definition) is 4. The Morgan fingerprint density at radius 1 is 1.38 bits per heavy atom. The maximum absolute atomic E-state index is 12.9. The van der Waals surface area contributed by atoms with E-state index in [1.54, 1.807) is 0 Å². The summed E-state index contributed by atoms with van der Waals surface area (Å²) >= 11 is 0. The van der Waals surface area contributed by atoms with E-state index in [1.807, 2.05) is 18.2 Å². The Bertz CT molecular complexity index is 767. The Balaban J connectivity index is 1.50. The lowest BCUT2D eigenvalue weighted by Gasteiger charge is -2.38. The standard InChI is InChI=1S/C20H26N4O2/c1-24-8-7-17-16(12-24)19(23-22-17)20(26)21-18(14-10-15(25)11-14)9-13-5-3-2-4-6-13/h2-6,14-15,18,25H,7-12H2,1H3,(H,21,26)(H,22,23)/t14?,15?,18-/m0/s1. The quantitative estimate of drug-likeness (QED) is 0.760. The molecule has 1 aromatic carbocycles. The number of fused-ring (bicyclic) bond motifs is 1. The minimum absolute atomic E-state index is 0.0157. The molecule has 6 nitrogen and oxygen atoms in total. The maximum Gasteiger partial charge on any atom is 0.272 e. The number of aliphatic hydroxyl groups is 1. The summed E-state index contributed by atoms with van der Waals surface area (Å²) in [7, 11) is 2.06. The molecule has 1 aliphatic carbocycles. The second kappa shape index (κ2) is 7.21. The van der Waals surface area contributed by atoms with E-state index in [1.165, 1.54) is 5.56 Å². The van der Waals surface area contributed by atoms with Crippen molar-refractivity contribution in [1.29, 1.82) is 0 Å². The monoisotopic (exact) mass is 354 g/mol. The number of likely N-dealkylation sites (N-methyl/N-ethyl adjacent to an activating group) is 1. The maximum atomic E-state index is 12.9. The number of aromatic amines is 1. The molecule has 0 radical (unpaired) electrons. The molecule has 1 aliphatic heterocycles. The molecule has 0 saturated heterocycles. The average Bonchev–Trinajstić information content (AvgIpc) is 3.02. The second-order valence-corrected chi connectivity index (χ2v) is 7.67. The molecule has 2 heterocycles. The number of hydrogen-bond donors (Lipinski definition) is 3. The van der Waals surface area contributed by atoms with E-state index in [0.717, 1.165) is 50.0 Å². The average molecular weight is 354 g/mol. The van der Waals surface area contributed by atoms with Crippen molar-refractivity contribution in [3.05, 3.63) is 52.8 Å². The summed E-state index contributed by atoms with van der Waals surface area (Å²) in [4.78, 5) is 15.1. The first-order valence-electron chi connectivity index (χ1n) is 9.37. The smallest absolute Gasteiger partial charge is 0.272 e. The van der Waals surface area contributed by atoms with E-state index in [9.17, 15) is 9.90 Å². The van der Waals surface area contributed by atoms with Gasteiger partial charge in [-0.2, -0.15) is 5.10 Å². The highest BCUT2D eigenvalue weighted by molar-refractivity contribution is 5.94. The molecule has 1 saturated carbocycles. The highest BCUT2D eigenvalue weighted by Crippen LogP contribution is 2.32. The van der Waals surface area contributed by atoms with Gasteiger partial charge in [-0.15, -0.1) is 0 Å². The Hall–Kier alpha value is -2.18. The van der Waals surface area contributed by atoms with Crippen molar-refractivity contribution in [3.63, 3.8) is 0 Å². The number of benzene rings is 1. The molecule has 1 fully saturated rings. The zero-order valence-corrected chi connectivity index (χ0v) is 15.1. The van der Waals surface area contributed by atoms with E-state index < -0.39 is 0 Å². The van der Waals surface area contributed by atoms with Gasteiger partial charge < -0.3 is 15.3 Å². The van der Waals surface area contributed by atoms with Crippen LogP contribution in [0.4, 0.5) is 0 Å². The minimum Gasteiger partial charge on any atom is -0.393 e. The van der Waals surface area contributed by atoms with E-state index in [-0.39, 0.29) is 18.1 Å². The molecule has 1 aromatic heterocycles. The molecule has 6 heteroatoms. The van der Waals surface area contributed by atoms with Crippen LogP contribution in [0.2, 0.25) is 0 Å².